The van der Waals surface area contributed by atoms with E-state index >= 15 is 0 Å². The topological polar surface area (TPSA) is 49.7 Å². The Morgan fingerprint density at radius 2 is 2.36 bits per heavy atom. The fraction of sp³-hybridized carbons (Fsp3) is 0.333. The lowest BCUT2D eigenvalue weighted by molar-refractivity contribution is -0.117. The minimum absolute atomic E-state index is 0.138. The first-order valence-electron chi connectivity index (χ1n) is 4.17. The molecule has 1 aliphatic rings. The number of carbonyl (C=O) groups excluding carboxylic acids is 1. The number of amides is 1. The van der Waals surface area contributed by atoms with E-state index in [-0.39, 0.29) is 12.5 Å². The van der Waals surface area contributed by atoms with E-state index in [0.717, 1.165) is 9.92 Å². The zero-order chi connectivity index (χ0) is 10.1. The molecule has 1 amide bonds. The molecular weight excluding hydrogens is 218 g/mol. The summed E-state index contributed by atoms with van der Waals surface area (Å²) in [5, 5.41) is 9.24. The zero-order valence-electron chi connectivity index (χ0n) is 7.56. The summed E-state index contributed by atoms with van der Waals surface area (Å²) in [5.41, 5.74) is 0. The summed E-state index contributed by atoms with van der Waals surface area (Å²) >= 11 is 2.96. The van der Waals surface area contributed by atoms with Crippen LogP contribution >= 0.6 is 23.1 Å². The maximum atomic E-state index is 11.2. The fourth-order valence-electron chi connectivity index (χ4n) is 1.16. The van der Waals surface area contributed by atoms with Crippen molar-refractivity contribution >= 4 is 34.0 Å². The molecule has 1 aliphatic heterocycles. The van der Waals surface area contributed by atoms with E-state index in [2.05, 4.69) is 4.99 Å². The van der Waals surface area contributed by atoms with Crippen molar-refractivity contribution in [1.82, 2.24) is 0 Å². The standard InChI is InChI=1S/C9H9NO2S2/c1-5-2-3-6(13-5)9-10-8(12)7(4-11)14-9/h2-3,7,11H,4H2,1H3. The van der Waals surface area contributed by atoms with Crippen molar-refractivity contribution in [2.24, 2.45) is 4.99 Å². The maximum Gasteiger partial charge on any atom is 0.262 e. The third-order valence-electron chi connectivity index (χ3n) is 1.86. The third-order valence-corrected chi connectivity index (χ3v) is 4.16. The smallest absolute Gasteiger partial charge is 0.262 e. The van der Waals surface area contributed by atoms with Gasteiger partial charge < -0.3 is 5.11 Å². The molecule has 1 aromatic rings. The first-order chi connectivity index (χ1) is 6.70. The number of hydrogen-bond acceptors (Lipinski definition) is 4. The summed E-state index contributed by atoms with van der Waals surface area (Å²) in [6.45, 7) is 1.88. The van der Waals surface area contributed by atoms with Crippen molar-refractivity contribution < 1.29 is 9.90 Å². The minimum Gasteiger partial charge on any atom is -0.395 e. The number of aliphatic hydroxyl groups is 1. The van der Waals surface area contributed by atoms with Gasteiger partial charge in [-0.15, -0.1) is 11.3 Å². The van der Waals surface area contributed by atoms with Crippen LogP contribution in [0.4, 0.5) is 0 Å². The van der Waals surface area contributed by atoms with Gasteiger partial charge >= 0.3 is 0 Å². The van der Waals surface area contributed by atoms with Crippen LogP contribution < -0.4 is 0 Å². The van der Waals surface area contributed by atoms with E-state index in [1.165, 1.54) is 16.6 Å². The van der Waals surface area contributed by atoms with E-state index in [0.29, 0.717) is 0 Å². The van der Waals surface area contributed by atoms with E-state index < -0.39 is 5.25 Å². The second-order valence-corrected chi connectivity index (χ2v) is 5.43. The molecule has 0 radical (unpaired) electrons. The molecule has 0 spiro atoms. The predicted octanol–water partition coefficient (Wildman–Crippen LogP) is 1.44. The van der Waals surface area contributed by atoms with Crippen LogP contribution in [0.1, 0.15) is 9.75 Å². The van der Waals surface area contributed by atoms with Crippen molar-refractivity contribution in [1.29, 1.82) is 0 Å². The molecule has 3 nitrogen and oxygen atoms in total. The predicted molar refractivity (Wildman–Crippen MR) is 59.1 cm³/mol. The highest BCUT2D eigenvalue weighted by Gasteiger charge is 2.28. The summed E-state index contributed by atoms with van der Waals surface area (Å²) in [6, 6.07) is 3.96. The Hall–Kier alpha value is -0.650. The fourth-order valence-corrected chi connectivity index (χ4v) is 3.01. The lowest BCUT2D eigenvalue weighted by atomic mass is 10.4. The van der Waals surface area contributed by atoms with Crippen molar-refractivity contribution in [3.63, 3.8) is 0 Å². The Kier molecular flexibility index (Phi) is 2.71. The summed E-state index contributed by atoms with van der Waals surface area (Å²) in [4.78, 5) is 17.4. The van der Waals surface area contributed by atoms with E-state index in [1.54, 1.807) is 11.3 Å². The van der Waals surface area contributed by atoms with E-state index in [4.69, 9.17) is 5.11 Å². The molecule has 0 saturated carbocycles. The number of aryl methyl sites for hydroxylation is 1. The molecule has 1 unspecified atom stereocenters. The summed E-state index contributed by atoms with van der Waals surface area (Å²) < 4.78 is 0. The average molecular weight is 227 g/mol. The number of hydrogen-bond donors (Lipinski definition) is 1. The average Bonchev–Trinajstić information content (AvgIpc) is 2.71. The lowest BCUT2D eigenvalue weighted by Gasteiger charge is -1.99. The highest BCUT2D eigenvalue weighted by Crippen LogP contribution is 2.29. The molecule has 1 atom stereocenters. The Bertz CT molecular complexity index is 397. The van der Waals surface area contributed by atoms with E-state index in [1.807, 2.05) is 19.1 Å². The van der Waals surface area contributed by atoms with Crippen molar-refractivity contribution in [2.75, 3.05) is 6.61 Å². The van der Waals surface area contributed by atoms with Gasteiger partial charge in [0.2, 0.25) is 0 Å². The van der Waals surface area contributed by atoms with Gasteiger partial charge in [0.1, 0.15) is 10.3 Å². The highest BCUT2D eigenvalue weighted by atomic mass is 32.2. The molecule has 2 rings (SSSR count). The Morgan fingerprint density at radius 3 is 2.86 bits per heavy atom. The SMILES string of the molecule is Cc1ccc(C2=NC(=O)C(CO)S2)s1. The molecule has 0 aromatic carbocycles. The number of aliphatic hydroxyl groups excluding tert-OH is 1. The van der Waals surface area contributed by atoms with Gasteiger partial charge in [0.15, 0.2) is 0 Å². The molecule has 5 heteroatoms. The highest BCUT2D eigenvalue weighted by molar-refractivity contribution is 8.16. The minimum atomic E-state index is -0.396. The van der Waals surface area contributed by atoms with Gasteiger partial charge in [0, 0.05) is 4.88 Å². The molecule has 2 heterocycles. The number of thiophene rings is 1. The largest absolute Gasteiger partial charge is 0.395 e. The van der Waals surface area contributed by atoms with Crippen LogP contribution in [0.3, 0.4) is 0 Å². The van der Waals surface area contributed by atoms with Gasteiger partial charge in [-0.1, -0.05) is 11.8 Å². The first-order valence-corrected chi connectivity index (χ1v) is 5.87. The number of thioether (sulfide) groups is 1. The molecule has 74 valence electrons. The molecular formula is C9H9NO2S2. The second kappa shape index (κ2) is 3.84. The van der Waals surface area contributed by atoms with Gasteiger partial charge in [-0.25, -0.2) is 4.99 Å². The molecule has 0 fully saturated rings. The van der Waals surface area contributed by atoms with Crippen molar-refractivity contribution in [3.05, 3.63) is 21.9 Å². The number of carbonyl (C=O) groups is 1. The summed E-state index contributed by atoms with van der Waals surface area (Å²) in [7, 11) is 0. The van der Waals surface area contributed by atoms with Crippen LogP contribution in [0.25, 0.3) is 0 Å². The molecule has 1 aromatic heterocycles. The normalized spacial score (nSPS) is 21.4. The Morgan fingerprint density at radius 1 is 1.57 bits per heavy atom. The second-order valence-electron chi connectivity index (χ2n) is 2.95. The third kappa shape index (κ3) is 1.75. The maximum absolute atomic E-state index is 11.2. The van der Waals surface area contributed by atoms with Crippen LogP contribution in [-0.2, 0) is 4.79 Å². The van der Waals surface area contributed by atoms with Crippen LogP contribution in [0.2, 0.25) is 0 Å². The van der Waals surface area contributed by atoms with Gasteiger partial charge in [0.05, 0.1) is 11.5 Å². The molecule has 14 heavy (non-hydrogen) atoms. The Balaban J connectivity index is 2.22. The van der Waals surface area contributed by atoms with Crippen LogP contribution in [0, 0.1) is 6.92 Å². The van der Waals surface area contributed by atoms with Crippen LogP contribution in [-0.4, -0.2) is 27.9 Å². The van der Waals surface area contributed by atoms with E-state index in [9.17, 15) is 4.79 Å². The van der Waals surface area contributed by atoms with Crippen LogP contribution in [0.5, 0.6) is 0 Å². The van der Waals surface area contributed by atoms with Crippen LogP contribution in [0.15, 0.2) is 17.1 Å². The Labute approximate surface area is 89.9 Å². The number of aliphatic imine (C=N–C) groups is 1. The monoisotopic (exact) mass is 227 g/mol. The molecule has 0 saturated heterocycles. The zero-order valence-corrected chi connectivity index (χ0v) is 9.19. The molecule has 1 N–H and O–H groups in total. The summed E-state index contributed by atoms with van der Waals surface area (Å²) in [5.74, 6) is -0.224. The van der Waals surface area contributed by atoms with Gasteiger partial charge in [0.25, 0.3) is 5.91 Å². The van der Waals surface area contributed by atoms with Crippen molar-refractivity contribution in [2.45, 2.75) is 12.2 Å². The van der Waals surface area contributed by atoms with Gasteiger partial charge in [-0.3, -0.25) is 4.79 Å². The number of rotatable bonds is 2. The first kappa shape index (κ1) is 9.89. The van der Waals surface area contributed by atoms with Gasteiger partial charge in [-0.05, 0) is 19.1 Å². The quantitative estimate of drug-likeness (QED) is 0.831. The summed E-state index contributed by atoms with van der Waals surface area (Å²) in [6.07, 6.45) is 0. The lowest BCUT2D eigenvalue weighted by Crippen LogP contribution is -2.14. The molecule has 0 bridgehead atoms. The van der Waals surface area contributed by atoms with Gasteiger partial charge in [-0.2, -0.15) is 0 Å². The number of nitrogens with zero attached hydrogens (tertiary/aromatic N) is 1. The van der Waals surface area contributed by atoms with Crippen molar-refractivity contribution in [3.8, 4) is 0 Å². The molecule has 0 aliphatic carbocycles.